The van der Waals surface area contributed by atoms with Crippen molar-refractivity contribution in [3.05, 3.63) is 59.7 Å². The normalized spacial score (nSPS) is 16.9. The number of benzene rings is 3. The molecule has 2 heteroatoms. The van der Waals surface area contributed by atoms with Crippen LogP contribution in [0.25, 0.3) is 21.5 Å². The Labute approximate surface area is 148 Å². The van der Waals surface area contributed by atoms with Crippen LogP contribution in [0.4, 0.5) is 0 Å². The Morgan fingerprint density at radius 1 is 0.920 bits per heavy atom. The van der Waals surface area contributed by atoms with Crippen molar-refractivity contribution in [1.29, 1.82) is 0 Å². The van der Waals surface area contributed by atoms with Crippen molar-refractivity contribution >= 4 is 27.5 Å². The first-order chi connectivity index (χ1) is 12.1. The SMILES string of the molecule is CC(=O)OC1(c2ccc3cc4cccc(C)c4cc3c2)CCCCC1. The topological polar surface area (TPSA) is 26.3 Å². The Morgan fingerprint density at radius 3 is 2.48 bits per heavy atom. The van der Waals surface area contributed by atoms with E-state index in [9.17, 15) is 4.79 Å². The Bertz CT molecular complexity index is 949. The van der Waals surface area contributed by atoms with E-state index in [2.05, 4.69) is 55.5 Å². The zero-order valence-electron chi connectivity index (χ0n) is 15.0. The highest BCUT2D eigenvalue weighted by atomic mass is 16.6. The maximum Gasteiger partial charge on any atom is 0.303 e. The molecule has 1 aliphatic rings. The lowest BCUT2D eigenvalue weighted by molar-refractivity contribution is -0.162. The van der Waals surface area contributed by atoms with Crippen LogP contribution in [0.3, 0.4) is 0 Å². The fourth-order valence-electron chi connectivity index (χ4n) is 4.31. The van der Waals surface area contributed by atoms with Crippen molar-refractivity contribution in [1.82, 2.24) is 0 Å². The van der Waals surface area contributed by atoms with Crippen LogP contribution >= 0.6 is 0 Å². The number of carbonyl (C=O) groups excluding carboxylic acids is 1. The Kier molecular flexibility index (Phi) is 3.99. The van der Waals surface area contributed by atoms with Gasteiger partial charge in [-0.15, -0.1) is 0 Å². The smallest absolute Gasteiger partial charge is 0.303 e. The number of ether oxygens (including phenoxy) is 1. The first-order valence-electron chi connectivity index (χ1n) is 9.21. The van der Waals surface area contributed by atoms with Gasteiger partial charge in [-0.25, -0.2) is 0 Å². The number of carbonyl (C=O) groups is 1. The molecule has 0 heterocycles. The molecular formula is C23H24O2. The van der Waals surface area contributed by atoms with E-state index in [1.807, 2.05) is 0 Å². The molecule has 1 fully saturated rings. The van der Waals surface area contributed by atoms with Gasteiger partial charge in [0.1, 0.15) is 5.60 Å². The quantitative estimate of drug-likeness (QED) is 0.423. The van der Waals surface area contributed by atoms with Gasteiger partial charge in [0.2, 0.25) is 0 Å². The van der Waals surface area contributed by atoms with E-state index in [0.29, 0.717) is 0 Å². The van der Waals surface area contributed by atoms with E-state index >= 15 is 0 Å². The van der Waals surface area contributed by atoms with Gasteiger partial charge < -0.3 is 4.74 Å². The van der Waals surface area contributed by atoms with Crippen LogP contribution < -0.4 is 0 Å². The van der Waals surface area contributed by atoms with Crippen molar-refractivity contribution in [2.24, 2.45) is 0 Å². The Hall–Kier alpha value is -2.35. The van der Waals surface area contributed by atoms with Gasteiger partial charge in [-0.1, -0.05) is 36.8 Å². The molecule has 4 rings (SSSR count). The maximum absolute atomic E-state index is 11.8. The van der Waals surface area contributed by atoms with Gasteiger partial charge in [-0.2, -0.15) is 0 Å². The highest BCUT2D eigenvalue weighted by Crippen LogP contribution is 2.42. The summed E-state index contributed by atoms with van der Waals surface area (Å²) in [7, 11) is 0. The van der Waals surface area contributed by atoms with Crippen LogP contribution in [0.15, 0.2) is 48.5 Å². The molecule has 25 heavy (non-hydrogen) atoms. The fraction of sp³-hybridized carbons (Fsp3) is 0.348. The third-order valence-corrected chi connectivity index (χ3v) is 5.58. The summed E-state index contributed by atoms with van der Waals surface area (Å²) in [5.41, 5.74) is 1.99. The molecule has 0 bridgehead atoms. The van der Waals surface area contributed by atoms with Gasteiger partial charge in [-0.05, 0) is 83.5 Å². The molecule has 2 nitrogen and oxygen atoms in total. The monoisotopic (exact) mass is 332 g/mol. The van der Waals surface area contributed by atoms with E-state index in [4.69, 9.17) is 4.74 Å². The number of aryl methyl sites for hydroxylation is 1. The molecule has 1 saturated carbocycles. The van der Waals surface area contributed by atoms with E-state index in [1.54, 1.807) is 0 Å². The lowest BCUT2D eigenvalue weighted by atomic mass is 9.78. The molecule has 0 spiro atoms. The highest BCUT2D eigenvalue weighted by molar-refractivity contribution is 5.99. The van der Waals surface area contributed by atoms with E-state index in [0.717, 1.165) is 31.2 Å². The number of fused-ring (bicyclic) bond motifs is 2. The fourth-order valence-corrected chi connectivity index (χ4v) is 4.31. The van der Waals surface area contributed by atoms with Gasteiger partial charge in [0.15, 0.2) is 0 Å². The van der Waals surface area contributed by atoms with Gasteiger partial charge >= 0.3 is 5.97 Å². The predicted octanol–water partition coefficient (Wildman–Crippen LogP) is 6.02. The van der Waals surface area contributed by atoms with Crippen LogP contribution in [0.1, 0.15) is 50.2 Å². The summed E-state index contributed by atoms with van der Waals surface area (Å²) >= 11 is 0. The van der Waals surface area contributed by atoms with Gasteiger partial charge in [0.25, 0.3) is 0 Å². The second-order valence-corrected chi connectivity index (χ2v) is 7.36. The molecule has 1 aliphatic carbocycles. The second kappa shape index (κ2) is 6.18. The van der Waals surface area contributed by atoms with E-state index in [-0.39, 0.29) is 5.97 Å². The second-order valence-electron chi connectivity index (χ2n) is 7.36. The molecule has 3 aromatic carbocycles. The summed E-state index contributed by atoms with van der Waals surface area (Å²) in [4.78, 5) is 11.8. The minimum Gasteiger partial charge on any atom is -0.454 e. The van der Waals surface area contributed by atoms with Crippen LogP contribution in [0.5, 0.6) is 0 Å². The first kappa shape index (κ1) is 16.1. The Morgan fingerprint density at radius 2 is 1.72 bits per heavy atom. The van der Waals surface area contributed by atoms with Crippen molar-refractivity contribution in [2.75, 3.05) is 0 Å². The summed E-state index contributed by atoms with van der Waals surface area (Å²) in [6, 6.07) is 17.5. The molecule has 0 atom stereocenters. The summed E-state index contributed by atoms with van der Waals surface area (Å²) < 4.78 is 5.89. The molecule has 0 saturated heterocycles. The Balaban J connectivity index is 1.87. The molecular weight excluding hydrogens is 308 g/mol. The molecule has 0 amide bonds. The van der Waals surface area contributed by atoms with E-state index in [1.165, 1.54) is 40.5 Å². The molecule has 0 N–H and O–H groups in total. The third-order valence-electron chi connectivity index (χ3n) is 5.58. The lowest BCUT2D eigenvalue weighted by Crippen LogP contribution is -2.34. The molecule has 0 radical (unpaired) electrons. The zero-order valence-corrected chi connectivity index (χ0v) is 15.0. The van der Waals surface area contributed by atoms with Crippen LogP contribution in [-0.4, -0.2) is 5.97 Å². The largest absolute Gasteiger partial charge is 0.454 e. The van der Waals surface area contributed by atoms with Crippen LogP contribution in [0, 0.1) is 6.92 Å². The van der Waals surface area contributed by atoms with Crippen molar-refractivity contribution in [3.8, 4) is 0 Å². The van der Waals surface area contributed by atoms with Gasteiger partial charge in [0, 0.05) is 6.92 Å². The number of hydrogen-bond donors (Lipinski definition) is 0. The minimum atomic E-state index is -0.445. The van der Waals surface area contributed by atoms with Crippen LogP contribution in [-0.2, 0) is 15.1 Å². The molecule has 0 unspecified atom stereocenters. The zero-order chi connectivity index (χ0) is 17.4. The average Bonchev–Trinajstić information content (AvgIpc) is 2.60. The first-order valence-corrected chi connectivity index (χ1v) is 9.21. The summed E-state index contributed by atoms with van der Waals surface area (Å²) in [6.07, 6.45) is 5.29. The number of rotatable bonds is 2. The van der Waals surface area contributed by atoms with Crippen molar-refractivity contribution in [2.45, 2.75) is 51.6 Å². The maximum atomic E-state index is 11.8. The molecule has 0 aromatic heterocycles. The molecule has 3 aromatic rings. The average molecular weight is 332 g/mol. The van der Waals surface area contributed by atoms with Crippen LogP contribution in [0.2, 0.25) is 0 Å². The van der Waals surface area contributed by atoms with Gasteiger partial charge in [0.05, 0.1) is 0 Å². The molecule has 0 aliphatic heterocycles. The van der Waals surface area contributed by atoms with Crippen molar-refractivity contribution in [3.63, 3.8) is 0 Å². The summed E-state index contributed by atoms with van der Waals surface area (Å²) in [5.74, 6) is -0.184. The van der Waals surface area contributed by atoms with Crippen molar-refractivity contribution < 1.29 is 9.53 Å². The lowest BCUT2D eigenvalue weighted by Gasteiger charge is -2.37. The summed E-state index contributed by atoms with van der Waals surface area (Å²) in [5, 5.41) is 5.01. The molecule has 128 valence electrons. The minimum absolute atomic E-state index is 0.184. The van der Waals surface area contributed by atoms with Gasteiger partial charge in [-0.3, -0.25) is 4.79 Å². The third kappa shape index (κ3) is 2.90. The predicted molar refractivity (Wildman–Crippen MR) is 103 cm³/mol. The van der Waals surface area contributed by atoms with E-state index < -0.39 is 5.60 Å². The number of hydrogen-bond acceptors (Lipinski definition) is 2. The standard InChI is InChI=1S/C23H24O2/c1-16-7-6-8-19-13-18-9-10-21(14-20(18)15-22(16)19)23(25-17(2)24)11-4-3-5-12-23/h6-10,13-15H,3-5,11-12H2,1-2H3. The highest BCUT2D eigenvalue weighted by Gasteiger charge is 2.37. The number of esters is 1. The summed E-state index contributed by atoms with van der Waals surface area (Å²) in [6.45, 7) is 3.67.